The van der Waals surface area contributed by atoms with E-state index in [0.29, 0.717) is 12.1 Å². The van der Waals surface area contributed by atoms with E-state index in [0.717, 1.165) is 38.3 Å². The molecular formula is C18H24F3N3O2. The molecule has 0 spiro atoms. The Kier molecular flexibility index (Phi) is 5.55. The first-order valence-electron chi connectivity index (χ1n) is 8.78. The number of rotatable bonds is 3. The Morgan fingerprint density at radius 2 is 1.88 bits per heavy atom. The molecule has 8 heteroatoms. The lowest BCUT2D eigenvalue weighted by atomic mass is 10.1. The first-order valence-corrected chi connectivity index (χ1v) is 8.78. The standard InChI is InChI=1S/C18H24F3N3O2/c1-22-5-7-23(8-6-22)15-11-24(12-16(15)25)17(26)10-13-3-2-4-14(9-13)18(19,20)21/h2-4,9,15-16,25H,5-8,10-12H2,1H3/t15-,16-/m1/s1. The number of amides is 1. The zero-order valence-corrected chi connectivity index (χ0v) is 14.7. The minimum absolute atomic E-state index is 0.0912. The number of halogens is 3. The number of nitrogens with zero attached hydrogens (tertiary/aromatic N) is 3. The molecule has 0 bridgehead atoms. The quantitative estimate of drug-likeness (QED) is 0.864. The average molecular weight is 371 g/mol. The minimum atomic E-state index is -4.42. The third-order valence-corrected chi connectivity index (χ3v) is 5.23. The van der Waals surface area contributed by atoms with Gasteiger partial charge in [-0.05, 0) is 18.7 Å². The van der Waals surface area contributed by atoms with E-state index in [4.69, 9.17) is 0 Å². The zero-order valence-electron chi connectivity index (χ0n) is 14.7. The van der Waals surface area contributed by atoms with Crippen molar-refractivity contribution in [3.05, 3.63) is 35.4 Å². The van der Waals surface area contributed by atoms with Gasteiger partial charge in [0, 0.05) is 39.3 Å². The number of piperazine rings is 1. The highest BCUT2D eigenvalue weighted by atomic mass is 19.4. The molecule has 0 saturated carbocycles. The van der Waals surface area contributed by atoms with E-state index in [9.17, 15) is 23.1 Å². The van der Waals surface area contributed by atoms with Crippen LogP contribution in [0.1, 0.15) is 11.1 Å². The van der Waals surface area contributed by atoms with Crippen LogP contribution < -0.4 is 0 Å². The van der Waals surface area contributed by atoms with E-state index < -0.39 is 17.8 Å². The second-order valence-corrected chi connectivity index (χ2v) is 7.15. The van der Waals surface area contributed by atoms with Crippen LogP contribution in [0.25, 0.3) is 0 Å². The highest BCUT2D eigenvalue weighted by Crippen LogP contribution is 2.29. The Labute approximate surface area is 151 Å². The van der Waals surface area contributed by atoms with E-state index >= 15 is 0 Å². The average Bonchev–Trinajstić information content (AvgIpc) is 2.97. The first-order chi connectivity index (χ1) is 12.2. The third-order valence-electron chi connectivity index (χ3n) is 5.23. The van der Waals surface area contributed by atoms with Gasteiger partial charge in [0.25, 0.3) is 0 Å². The number of likely N-dealkylation sites (N-methyl/N-ethyl adjacent to an activating group) is 1. The maximum atomic E-state index is 12.8. The summed E-state index contributed by atoms with van der Waals surface area (Å²) >= 11 is 0. The highest BCUT2D eigenvalue weighted by molar-refractivity contribution is 5.79. The van der Waals surface area contributed by atoms with Crippen LogP contribution in [0, 0.1) is 0 Å². The van der Waals surface area contributed by atoms with E-state index in [1.165, 1.54) is 12.1 Å². The van der Waals surface area contributed by atoms with Gasteiger partial charge >= 0.3 is 6.18 Å². The zero-order chi connectivity index (χ0) is 18.9. The van der Waals surface area contributed by atoms with Gasteiger partial charge in [0.2, 0.25) is 5.91 Å². The van der Waals surface area contributed by atoms with Gasteiger partial charge in [-0.1, -0.05) is 18.2 Å². The summed E-state index contributed by atoms with van der Waals surface area (Å²) in [6.07, 6.45) is -5.13. The fourth-order valence-corrected chi connectivity index (χ4v) is 3.63. The van der Waals surface area contributed by atoms with Crippen LogP contribution in [0.4, 0.5) is 13.2 Å². The molecule has 26 heavy (non-hydrogen) atoms. The number of hydrogen-bond acceptors (Lipinski definition) is 4. The van der Waals surface area contributed by atoms with Gasteiger partial charge in [-0.2, -0.15) is 13.2 Å². The number of alkyl halides is 3. The molecule has 1 aromatic rings. The summed E-state index contributed by atoms with van der Waals surface area (Å²) in [4.78, 5) is 18.5. The van der Waals surface area contributed by atoms with E-state index in [-0.39, 0.29) is 24.9 Å². The Morgan fingerprint density at radius 3 is 2.54 bits per heavy atom. The van der Waals surface area contributed by atoms with Crippen LogP contribution in [-0.4, -0.2) is 84.2 Å². The first kappa shape index (κ1) is 19.1. The third kappa shape index (κ3) is 4.36. The molecule has 0 unspecified atom stereocenters. The van der Waals surface area contributed by atoms with Crippen LogP contribution in [-0.2, 0) is 17.4 Å². The summed E-state index contributed by atoms with van der Waals surface area (Å²) in [6, 6.07) is 4.75. The Bertz CT molecular complexity index is 645. The number of β-amino-alcohol motifs (C(OH)–C–C–N with tert-alkyl or cyclic N) is 1. The van der Waals surface area contributed by atoms with Crippen molar-refractivity contribution in [2.24, 2.45) is 0 Å². The fourth-order valence-electron chi connectivity index (χ4n) is 3.63. The predicted molar refractivity (Wildman–Crippen MR) is 90.6 cm³/mol. The number of carbonyl (C=O) groups is 1. The summed E-state index contributed by atoms with van der Waals surface area (Å²) < 4.78 is 38.4. The summed E-state index contributed by atoms with van der Waals surface area (Å²) in [7, 11) is 2.05. The van der Waals surface area contributed by atoms with Gasteiger partial charge in [0.1, 0.15) is 0 Å². The topological polar surface area (TPSA) is 47.0 Å². The number of aliphatic hydroxyl groups is 1. The SMILES string of the molecule is CN1CCN([C@@H]2CN(C(=O)Cc3cccc(C(F)(F)F)c3)C[C@H]2O)CC1. The monoisotopic (exact) mass is 371 g/mol. The molecule has 0 aromatic heterocycles. The number of benzene rings is 1. The van der Waals surface area contributed by atoms with Crippen molar-refractivity contribution in [3.63, 3.8) is 0 Å². The number of aliphatic hydroxyl groups excluding tert-OH is 1. The molecule has 2 atom stereocenters. The summed E-state index contributed by atoms with van der Waals surface area (Å²) in [5, 5.41) is 10.3. The van der Waals surface area contributed by atoms with Crippen molar-refractivity contribution < 1.29 is 23.1 Å². The second kappa shape index (κ2) is 7.54. The molecule has 1 N–H and O–H groups in total. The van der Waals surface area contributed by atoms with Crippen LogP contribution in [0.2, 0.25) is 0 Å². The summed E-state index contributed by atoms with van der Waals surface area (Å²) in [6.45, 7) is 4.17. The van der Waals surface area contributed by atoms with E-state index in [2.05, 4.69) is 9.80 Å². The molecule has 2 aliphatic rings. The molecule has 144 valence electrons. The summed E-state index contributed by atoms with van der Waals surface area (Å²) in [5.41, 5.74) is -0.415. The Morgan fingerprint density at radius 1 is 1.19 bits per heavy atom. The Hall–Kier alpha value is -1.64. The van der Waals surface area contributed by atoms with Gasteiger partial charge in [-0.25, -0.2) is 0 Å². The smallest absolute Gasteiger partial charge is 0.390 e. The molecule has 1 amide bonds. The molecule has 0 radical (unpaired) electrons. The molecule has 1 aromatic carbocycles. The number of hydrogen-bond donors (Lipinski definition) is 1. The molecule has 5 nitrogen and oxygen atoms in total. The Balaban J connectivity index is 1.61. The van der Waals surface area contributed by atoms with Crippen molar-refractivity contribution >= 4 is 5.91 Å². The van der Waals surface area contributed by atoms with Crippen LogP contribution >= 0.6 is 0 Å². The molecular weight excluding hydrogens is 347 g/mol. The van der Waals surface area contributed by atoms with E-state index in [1.54, 1.807) is 4.90 Å². The van der Waals surface area contributed by atoms with Gasteiger partial charge in [-0.3, -0.25) is 9.69 Å². The van der Waals surface area contributed by atoms with E-state index in [1.807, 2.05) is 7.05 Å². The predicted octanol–water partition coefficient (Wildman–Crippen LogP) is 1.07. The number of carbonyl (C=O) groups excluding carboxylic acids is 1. The van der Waals surface area contributed by atoms with Gasteiger partial charge < -0.3 is 14.9 Å². The van der Waals surface area contributed by atoms with Crippen molar-refractivity contribution in [1.29, 1.82) is 0 Å². The van der Waals surface area contributed by atoms with Crippen molar-refractivity contribution in [3.8, 4) is 0 Å². The van der Waals surface area contributed by atoms with Crippen molar-refractivity contribution in [1.82, 2.24) is 14.7 Å². The molecule has 2 heterocycles. The largest absolute Gasteiger partial charge is 0.416 e. The van der Waals surface area contributed by atoms with Crippen molar-refractivity contribution in [2.75, 3.05) is 46.3 Å². The molecule has 0 aliphatic carbocycles. The van der Waals surface area contributed by atoms with Gasteiger partial charge in [-0.15, -0.1) is 0 Å². The molecule has 2 aliphatic heterocycles. The van der Waals surface area contributed by atoms with Crippen LogP contribution in [0.15, 0.2) is 24.3 Å². The lowest BCUT2D eigenvalue weighted by Crippen LogP contribution is -2.52. The minimum Gasteiger partial charge on any atom is -0.390 e. The lowest BCUT2D eigenvalue weighted by Gasteiger charge is -2.37. The van der Waals surface area contributed by atoms with Gasteiger partial charge in [0.05, 0.1) is 24.1 Å². The number of likely N-dealkylation sites (tertiary alicyclic amines) is 1. The fraction of sp³-hybridized carbons (Fsp3) is 0.611. The lowest BCUT2D eigenvalue weighted by molar-refractivity contribution is -0.138. The maximum absolute atomic E-state index is 12.8. The highest BCUT2D eigenvalue weighted by Gasteiger charge is 2.38. The van der Waals surface area contributed by atoms with Gasteiger partial charge in [0.15, 0.2) is 0 Å². The summed E-state index contributed by atoms with van der Waals surface area (Å²) in [5.74, 6) is -0.250. The maximum Gasteiger partial charge on any atom is 0.416 e. The van der Waals surface area contributed by atoms with Crippen LogP contribution in [0.3, 0.4) is 0 Å². The molecule has 3 rings (SSSR count). The second-order valence-electron chi connectivity index (χ2n) is 7.15. The van der Waals surface area contributed by atoms with Crippen LogP contribution in [0.5, 0.6) is 0 Å². The normalized spacial score (nSPS) is 25.7. The molecule has 2 saturated heterocycles. The van der Waals surface area contributed by atoms with Crippen molar-refractivity contribution in [2.45, 2.75) is 24.7 Å². The molecule has 2 fully saturated rings.